The molecule has 1 aliphatic heterocycles. The van der Waals surface area contributed by atoms with E-state index in [4.69, 9.17) is 38.0 Å². The van der Waals surface area contributed by atoms with Gasteiger partial charge in [-0.3, -0.25) is 23.7 Å². The van der Waals surface area contributed by atoms with Crippen LogP contribution >= 0.6 is 19.3 Å². The second-order valence-electron chi connectivity index (χ2n) is 7.76. The number of hydrogen-bond acceptors (Lipinski definition) is 9. The molecule has 1 aliphatic rings. The first-order valence-electron chi connectivity index (χ1n) is 10.6. The molecule has 3 rings (SSSR count). The van der Waals surface area contributed by atoms with E-state index in [9.17, 15) is 28.4 Å². The number of nitrogens with one attached hydrogen (secondary N) is 2. The van der Waals surface area contributed by atoms with Crippen LogP contribution in [-0.4, -0.2) is 64.7 Å². The van der Waals surface area contributed by atoms with E-state index in [1.54, 1.807) is 6.92 Å². The maximum absolute atomic E-state index is 13.6. The second-order valence-corrected chi connectivity index (χ2v) is 10.1. The van der Waals surface area contributed by atoms with Crippen molar-refractivity contribution in [2.75, 3.05) is 13.2 Å². The zero-order valence-electron chi connectivity index (χ0n) is 19.1. The van der Waals surface area contributed by atoms with Gasteiger partial charge in [-0.2, -0.15) is 5.09 Å². The topological polar surface area (TPSA) is 158 Å². The molecule has 0 amide bonds. The number of aromatic nitrogens is 2. The molecule has 1 saturated heterocycles. The Morgan fingerprint density at radius 1 is 1.44 bits per heavy atom. The van der Waals surface area contributed by atoms with Crippen LogP contribution in [0.15, 0.2) is 46.1 Å². The summed E-state index contributed by atoms with van der Waals surface area (Å²) in [4.78, 5) is 37.6. The molecule has 16 heteroatoms. The monoisotopic (exact) mass is 545 g/mol. The van der Waals surface area contributed by atoms with E-state index in [-0.39, 0.29) is 12.4 Å². The number of H-pyrrole nitrogens is 1. The van der Waals surface area contributed by atoms with Crippen LogP contribution < -0.4 is 20.9 Å². The molecule has 12 nitrogen and oxygen atoms in total. The minimum Gasteiger partial charge on any atom is -0.465 e. The van der Waals surface area contributed by atoms with E-state index in [0.717, 1.165) is 29.0 Å². The van der Waals surface area contributed by atoms with Gasteiger partial charge in [-0.1, -0.05) is 6.07 Å². The van der Waals surface area contributed by atoms with Crippen LogP contribution in [0, 0.1) is 5.82 Å². The summed E-state index contributed by atoms with van der Waals surface area (Å²) in [5.41, 5.74) is -1.58. The predicted molar refractivity (Wildman–Crippen MR) is 125 cm³/mol. The number of benzene rings is 1. The lowest BCUT2D eigenvalue weighted by atomic mass is 9.79. The Morgan fingerprint density at radius 2 is 2.17 bits per heavy atom. The Hall–Kier alpha value is -2.48. The van der Waals surface area contributed by atoms with Gasteiger partial charge in [-0.15, -0.1) is 11.6 Å². The molecule has 1 aromatic heterocycles. The number of nitrogens with zero attached hydrogens (tertiary/aromatic N) is 1. The number of hydrogen-bond donors (Lipinski definition) is 3. The lowest BCUT2D eigenvalue weighted by molar-refractivity contribution is -0.144. The van der Waals surface area contributed by atoms with Crippen LogP contribution in [-0.2, 0) is 23.4 Å². The molecule has 0 spiro atoms. The van der Waals surface area contributed by atoms with Gasteiger partial charge < -0.3 is 19.1 Å². The Balaban J connectivity index is 1.82. The van der Waals surface area contributed by atoms with Crippen molar-refractivity contribution in [1.82, 2.24) is 14.6 Å². The van der Waals surface area contributed by atoms with E-state index in [1.165, 1.54) is 19.1 Å². The number of halogens is 2. The Morgan fingerprint density at radius 3 is 2.81 bits per heavy atom. The Labute approximate surface area is 210 Å². The number of alkyl halides is 1. The maximum Gasteiger partial charge on any atom is 0.459 e. The van der Waals surface area contributed by atoms with Crippen LogP contribution in [0.25, 0.3) is 0 Å². The molecule has 0 saturated carbocycles. The molecule has 1 fully saturated rings. The number of carbonyl (C=O) groups is 1. The first-order chi connectivity index (χ1) is 16.9. The Bertz CT molecular complexity index is 1260. The standard InChI is InChI=1S/C20H23BClFN3O9P/c1-3-32-17(29)11(2)25-36(31,35-13-6-4-5-12(23)9-13)33-10-14-16(28)20(21,22)18(34-14)26-8-7-15(27)24-19(26)30/h4-9,11,14,16,18,28H,3,10H2,1-2H3,(H,25,31)(H,24,27,30)/t11-,14+,16+,18+,20-,36+/m0/s1. The highest BCUT2D eigenvalue weighted by Gasteiger charge is 2.53. The highest BCUT2D eigenvalue weighted by atomic mass is 35.5. The van der Waals surface area contributed by atoms with Crippen molar-refractivity contribution in [3.8, 4) is 5.75 Å². The third kappa shape index (κ3) is 6.44. The number of rotatable bonds is 10. The molecule has 0 aliphatic carbocycles. The van der Waals surface area contributed by atoms with Crippen molar-refractivity contribution in [2.45, 2.75) is 43.1 Å². The van der Waals surface area contributed by atoms with Gasteiger partial charge in [-0.05, 0) is 26.0 Å². The number of esters is 1. The summed E-state index contributed by atoms with van der Waals surface area (Å²) in [5, 5.41) is 13.0. The summed E-state index contributed by atoms with van der Waals surface area (Å²) in [5.74, 6) is -1.63. The average molecular weight is 546 g/mol. The summed E-state index contributed by atoms with van der Waals surface area (Å²) in [6.45, 7) is 2.32. The maximum atomic E-state index is 13.6. The quantitative estimate of drug-likeness (QED) is 0.169. The van der Waals surface area contributed by atoms with Crippen LogP contribution in [0.5, 0.6) is 5.75 Å². The van der Waals surface area contributed by atoms with E-state index < -0.39 is 66.6 Å². The third-order valence-electron chi connectivity index (χ3n) is 5.01. The summed E-state index contributed by atoms with van der Waals surface area (Å²) in [7, 11) is 1.56. The molecule has 6 atom stereocenters. The molecular weight excluding hydrogens is 522 g/mol. The van der Waals surface area contributed by atoms with Crippen LogP contribution in [0.1, 0.15) is 20.1 Å². The molecule has 3 N–H and O–H groups in total. The second kappa shape index (κ2) is 11.3. The normalized spacial score (nSPS) is 26.2. The number of aliphatic hydroxyl groups excluding tert-OH is 1. The zero-order chi connectivity index (χ0) is 26.7. The molecule has 0 bridgehead atoms. The third-order valence-corrected chi connectivity index (χ3v) is 7.07. The fourth-order valence-corrected chi connectivity index (χ4v) is 5.07. The number of aliphatic hydroxyl groups is 1. The van der Waals surface area contributed by atoms with Crippen molar-refractivity contribution >= 4 is 33.2 Å². The van der Waals surface area contributed by atoms with Crippen LogP contribution in [0.3, 0.4) is 0 Å². The lowest BCUT2D eigenvalue weighted by Crippen LogP contribution is -2.45. The van der Waals surface area contributed by atoms with Crippen molar-refractivity contribution in [2.24, 2.45) is 0 Å². The van der Waals surface area contributed by atoms with Gasteiger partial charge >= 0.3 is 19.4 Å². The van der Waals surface area contributed by atoms with E-state index >= 15 is 0 Å². The lowest BCUT2D eigenvalue weighted by Gasteiger charge is -2.27. The molecule has 2 radical (unpaired) electrons. The molecule has 2 aromatic rings. The van der Waals surface area contributed by atoms with E-state index in [0.29, 0.717) is 0 Å². The minimum absolute atomic E-state index is 0.0582. The predicted octanol–water partition coefficient (Wildman–Crippen LogP) is 0.782. The number of aromatic amines is 1. The largest absolute Gasteiger partial charge is 0.465 e. The van der Waals surface area contributed by atoms with Gasteiger partial charge in [-0.25, -0.2) is 13.8 Å². The fraction of sp³-hybridized carbons (Fsp3) is 0.450. The average Bonchev–Trinajstić information content (AvgIpc) is 3.01. The van der Waals surface area contributed by atoms with Gasteiger partial charge in [0.05, 0.1) is 24.1 Å². The van der Waals surface area contributed by atoms with Gasteiger partial charge in [0.2, 0.25) is 0 Å². The number of carbonyl (C=O) groups excluding carboxylic acids is 1. The van der Waals surface area contributed by atoms with Gasteiger partial charge in [0, 0.05) is 18.3 Å². The van der Waals surface area contributed by atoms with Gasteiger partial charge in [0.15, 0.2) is 6.23 Å². The van der Waals surface area contributed by atoms with Crippen molar-refractivity contribution < 1.29 is 37.4 Å². The van der Waals surface area contributed by atoms with Crippen molar-refractivity contribution in [3.63, 3.8) is 0 Å². The smallest absolute Gasteiger partial charge is 0.459 e. The van der Waals surface area contributed by atoms with Crippen molar-refractivity contribution in [1.29, 1.82) is 0 Å². The zero-order valence-corrected chi connectivity index (χ0v) is 20.8. The highest BCUT2D eigenvalue weighted by molar-refractivity contribution is 7.52. The summed E-state index contributed by atoms with van der Waals surface area (Å²) >= 11 is 6.26. The van der Waals surface area contributed by atoms with Crippen molar-refractivity contribution in [3.05, 3.63) is 63.2 Å². The molecule has 1 aromatic carbocycles. The summed E-state index contributed by atoms with van der Waals surface area (Å²) < 4.78 is 47.2. The van der Waals surface area contributed by atoms with Crippen LogP contribution in [0.4, 0.5) is 4.39 Å². The molecule has 36 heavy (non-hydrogen) atoms. The molecular formula is C20H23BClFN3O9P. The molecule has 194 valence electrons. The van der Waals surface area contributed by atoms with E-state index in [2.05, 4.69) is 5.09 Å². The first-order valence-corrected chi connectivity index (χ1v) is 12.6. The number of ether oxygens (including phenoxy) is 2. The van der Waals surface area contributed by atoms with Gasteiger partial charge in [0.25, 0.3) is 5.56 Å². The Kier molecular flexibility index (Phi) is 8.81. The highest BCUT2D eigenvalue weighted by Crippen LogP contribution is 2.47. The van der Waals surface area contributed by atoms with Crippen LogP contribution in [0.2, 0.25) is 0 Å². The summed E-state index contributed by atoms with van der Waals surface area (Å²) in [6.07, 6.45) is -3.39. The molecule has 0 unspecified atom stereocenters. The first kappa shape index (κ1) is 28.1. The summed E-state index contributed by atoms with van der Waals surface area (Å²) in [6, 6.07) is 4.53. The minimum atomic E-state index is -4.43. The SMILES string of the molecule is [B][C@]1(Cl)[C@H](O)[C@@H](CO[P@](=O)(N[C@@H](C)C(=O)OCC)Oc2cccc(F)c2)O[C@H]1n1ccc(=O)[nH]c1=O. The van der Waals surface area contributed by atoms with E-state index in [1.807, 2.05) is 4.98 Å². The van der Waals surface area contributed by atoms with Gasteiger partial charge in [0.1, 0.15) is 31.6 Å². The fourth-order valence-electron chi connectivity index (χ4n) is 3.28. The molecule has 2 heterocycles.